The molecule has 2 aromatic heterocycles. The van der Waals surface area contributed by atoms with E-state index >= 15 is 0 Å². The first-order valence-electron chi connectivity index (χ1n) is 9.23. The van der Waals surface area contributed by atoms with Gasteiger partial charge in [0.15, 0.2) is 0 Å². The molecular weight excluding hydrogens is 356 g/mol. The lowest BCUT2D eigenvalue weighted by molar-refractivity contribution is 0.110. The second-order valence-corrected chi connectivity index (χ2v) is 6.98. The summed E-state index contributed by atoms with van der Waals surface area (Å²) < 4.78 is 7.39. The number of likely N-dealkylation sites (N-methyl/N-ethyl adjacent to an activating group) is 1. The summed E-state index contributed by atoms with van der Waals surface area (Å²) in [7, 11) is 5.66. The number of piperazine rings is 1. The fourth-order valence-corrected chi connectivity index (χ4v) is 3.65. The molecule has 1 unspecified atom stereocenters. The molecule has 1 saturated heterocycles. The van der Waals surface area contributed by atoms with E-state index in [1.165, 1.54) is 0 Å². The number of carbonyl (C=O) groups excluding carboxylic acids is 1. The largest absolute Gasteiger partial charge is 0.494 e. The molecule has 1 N–H and O–H groups in total. The van der Waals surface area contributed by atoms with Gasteiger partial charge in [0.1, 0.15) is 17.1 Å². The lowest BCUT2D eigenvalue weighted by Crippen LogP contribution is -2.50. The summed E-state index contributed by atoms with van der Waals surface area (Å²) in [5.74, 6) is 1.64. The number of aryl methyl sites for hydroxylation is 1. The van der Waals surface area contributed by atoms with Gasteiger partial charge < -0.3 is 19.5 Å². The van der Waals surface area contributed by atoms with Crippen LogP contribution in [0.2, 0.25) is 0 Å². The Balaban J connectivity index is 1.56. The Bertz CT molecular complexity index is 1000. The van der Waals surface area contributed by atoms with E-state index in [1.807, 2.05) is 47.0 Å². The lowest BCUT2D eigenvalue weighted by Gasteiger charge is -2.38. The highest BCUT2D eigenvalue weighted by atomic mass is 16.5. The molecular formula is C20H24N6O2. The van der Waals surface area contributed by atoms with Gasteiger partial charge in [-0.25, -0.2) is 9.78 Å². The number of ether oxygens (including phenoxy) is 1. The molecule has 3 heterocycles. The SMILES string of the molecule is COc1ccc(NC(=O)N2CCN(C)C(c3nccn3C)C2)c2cccnc12. The van der Waals surface area contributed by atoms with Gasteiger partial charge in [-0.1, -0.05) is 0 Å². The zero-order valence-electron chi connectivity index (χ0n) is 16.3. The van der Waals surface area contributed by atoms with E-state index in [9.17, 15) is 4.79 Å². The molecule has 0 radical (unpaired) electrons. The third-order valence-corrected chi connectivity index (χ3v) is 5.29. The second kappa shape index (κ2) is 7.47. The standard InChI is InChI=1S/C20H24N6O2/c1-24-11-12-26(13-16(24)19-22-9-10-25(19)2)20(27)23-15-6-7-17(28-3)18-14(15)5-4-8-21-18/h4-10,16H,11-13H2,1-3H3,(H,23,27). The zero-order valence-corrected chi connectivity index (χ0v) is 16.3. The van der Waals surface area contributed by atoms with E-state index in [-0.39, 0.29) is 12.1 Å². The molecule has 0 aliphatic carbocycles. The highest BCUT2D eigenvalue weighted by Gasteiger charge is 2.31. The number of nitrogens with zero attached hydrogens (tertiary/aromatic N) is 5. The van der Waals surface area contributed by atoms with Crippen LogP contribution in [0.4, 0.5) is 10.5 Å². The zero-order chi connectivity index (χ0) is 19.7. The summed E-state index contributed by atoms with van der Waals surface area (Å²) in [4.78, 5) is 25.9. The Kier molecular flexibility index (Phi) is 4.87. The number of hydrogen-bond acceptors (Lipinski definition) is 5. The molecule has 8 heteroatoms. The van der Waals surface area contributed by atoms with Gasteiger partial charge in [0.25, 0.3) is 0 Å². The number of amides is 2. The molecule has 4 rings (SSSR count). The number of carbonyl (C=O) groups is 1. The van der Waals surface area contributed by atoms with Crippen LogP contribution in [0, 0.1) is 0 Å². The molecule has 1 aromatic carbocycles. The number of hydrogen-bond donors (Lipinski definition) is 1. The molecule has 146 valence electrons. The first kappa shape index (κ1) is 18.2. The quantitative estimate of drug-likeness (QED) is 0.756. The average molecular weight is 380 g/mol. The van der Waals surface area contributed by atoms with Gasteiger partial charge in [0.05, 0.1) is 18.8 Å². The Morgan fingerprint density at radius 2 is 2.04 bits per heavy atom. The minimum Gasteiger partial charge on any atom is -0.494 e. The molecule has 3 aromatic rings. The van der Waals surface area contributed by atoms with Crippen molar-refractivity contribution < 1.29 is 9.53 Å². The molecule has 1 fully saturated rings. The summed E-state index contributed by atoms with van der Waals surface area (Å²) in [6.45, 7) is 2.03. The summed E-state index contributed by atoms with van der Waals surface area (Å²) in [6.07, 6.45) is 5.44. The molecule has 2 amide bonds. The maximum atomic E-state index is 13.0. The minimum absolute atomic E-state index is 0.0637. The maximum Gasteiger partial charge on any atom is 0.321 e. The monoisotopic (exact) mass is 380 g/mol. The van der Waals surface area contributed by atoms with Crippen molar-refractivity contribution in [2.24, 2.45) is 7.05 Å². The Morgan fingerprint density at radius 3 is 2.79 bits per heavy atom. The number of benzene rings is 1. The van der Waals surface area contributed by atoms with Crippen molar-refractivity contribution in [3.8, 4) is 5.75 Å². The van der Waals surface area contributed by atoms with Crippen LogP contribution in [-0.2, 0) is 7.05 Å². The molecule has 8 nitrogen and oxygen atoms in total. The molecule has 0 bridgehead atoms. The van der Waals surface area contributed by atoms with Crippen LogP contribution >= 0.6 is 0 Å². The minimum atomic E-state index is -0.123. The van der Waals surface area contributed by atoms with Crippen molar-refractivity contribution in [1.29, 1.82) is 0 Å². The van der Waals surface area contributed by atoms with Crippen LogP contribution in [0.15, 0.2) is 42.9 Å². The van der Waals surface area contributed by atoms with Gasteiger partial charge in [0.2, 0.25) is 0 Å². The summed E-state index contributed by atoms with van der Waals surface area (Å²) in [5.41, 5.74) is 1.45. The topological polar surface area (TPSA) is 75.5 Å². The maximum absolute atomic E-state index is 13.0. The molecule has 28 heavy (non-hydrogen) atoms. The first-order chi connectivity index (χ1) is 13.6. The first-order valence-corrected chi connectivity index (χ1v) is 9.23. The van der Waals surface area contributed by atoms with E-state index < -0.39 is 0 Å². The number of fused-ring (bicyclic) bond motifs is 1. The van der Waals surface area contributed by atoms with Crippen LogP contribution in [0.3, 0.4) is 0 Å². The van der Waals surface area contributed by atoms with Crippen LogP contribution in [0.25, 0.3) is 10.9 Å². The smallest absolute Gasteiger partial charge is 0.321 e. The fraction of sp³-hybridized carbons (Fsp3) is 0.350. The lowest BCUT2D eigenvalue weighted by atomic mass is 10.1. The Morgan fingerprint density at radius 1 is 1.18 bits per heavy atom. The number of pyridine rings is 1. The third kappa shape index (κ3) is 3.27. The van der Waals surface area contributed by atoms with Crippen molar-refractivity contribution in [1.82, 2.24) is 24.3 Å². The number of urea groups is 1. The predicted octanol–water partition coefficient (Wildman–Crippen LogP) is 2.50. The molecule has 1 aliphatic heterocycles. The highest BCUT2D eigenvalue weighted by molar-refractivity contribution is 6.02. The number of imidazole rings is 1. The predicted molar refractivity (Wildman–Crippen MR) is 107 cm³/mol. The van der Waals surface area contributed by atoms with Crippen molar-refractivity contribution in [3.63, 3.8) is 0 Å². The van der Waals surface area contributed by atoms with Crippen molar-refractivity contribution >= 4 is 22.6 Å². The molecule has 0 saturated carbocycles. The van der Waals surface area contributed by atoms with E-state index in [0.29, 0.717) is 18.8 Å². The van der Waals surface area contributed by atoms with Crippen molar-refractivity contribution in [2.45, 2.75) is 6.04 Å². The molecule has 1 atom stereocenters. The van der Waals surface area contributed by atoms with Crippen LogP contribution in [0.5, 0.6) is 5.75 Å². The van der Waals surface area contributed by atoms with Crippen molar-refractivity contribution in [3.05, 3.63) is 48.7 Å². The Hall–Kier alpha value is -3.13. The number of rotatable bonds is 3. The van der Waals surface area contributed by atoms with Gasteiger partial charge in [-0.05, 0) is 31.3 Å². The number of nitrogens with one attached hydrogen (secondary N) is 1. The number of aromatic nitrogens is 3. The second-order valence-electron chi connectivity index (χ2n) is 6.98. The van der Waals surface area contributed by atoms with E-state index in [4.69, 9.17) is 4.74 Å². The van der Waals surface area contributed by atoms with Gasteiger partial charge in [-0.2, -0.15) is 0 Å². The van der Waals surface area contributed by atoms with Gasteiger partial charge in [-0.3, -0.25) is 9.88 Å². The Labute approximate surface area is 163 Å². The summed E-state index contributed by atoms with van der Waals surface area (Å²) in [5, 5.41) is 3.90. The molecule has 0 spiro atoms. The molecule has 1 aliphatic rings. The van der Waals surface area contributed by atoms with Crippen molar-refractivity contribution in [2.75, 3.05) is 39.1 Å². The van der Waals surface area contributed by atoms with Crippen LogP contribution in [-0.4, -0.2) is 64.2 Å². The normalized spacial score (nSPS) is 17.7. The van der Waals surface area contributed by atoms with E-state index in [0.717, 1.165) is 29.0 Å². The highest BCUT2D eigenvalue weighted by Crippen LogP contribution is 2.30. The summed E-state index contributed by atoms with van der Waals surface area (Å²) in [6, 6.07) is 7.40. The van der Waals surface area contributed by atoms with Gasteiger partial charge in [0, 0.05) is 50.7 Å². The average Bonchev–Trinajstić information content (AvgIpc) is 3.14. The van der Waals surface area contributed by atoms with Crippen LogP contribution < -0.4 is 10.1 Å². The van der Waals surface area contributed by atoms with Crippen LogP contribution in [0.1, 0.15) is 11.9 Å². The number of methoxy groups -OCH3 is 1. The fourth-order valence-electron chi connectivity index (χ4n) is 3.65. The van der Waals surface area contributed by atoms with Gasteiger partial charge in [-0.15, -0.1) is 0 Å². The number of anilines is 1. The summed E-state index contributed by atoms with van der Waals surface area (Å²) >= 11 is 0. The van der Waals surface area contributed by atoms with E-state index in [2.05, 4.69) is 27.2 Å². The third-order valence-electron chi connectivity index (χ3n) is 5.29. The van der Waals surface area contributed by atoms with E-state index in [1.54, 1.807) is 19.5 Å². The van der Waals surface area contributed by atoms with Gasteiger partial charge >= 0.3 is 6.03 Å².